The summed E-state index contributed by atoms with van der Waals surface area (Å²) in [7, 11) is 0. The minimum Gasteiger partial charge on any atom is -0.363 e. The molecule has 4 heteroatoms. The predicted octanol–water partition coefficient (Wildman–Crippen LogP) is 1.85. The van der Waals surface area contributed by atoms with Crippen molar-refractivity contribution in [3.8, 4) is 0 Å². The van der Waals surface area contributed by atoms with Gasteiger partial charge in [-0.15, -0.1) is 0 Å². The van der Waals surface area contributed by atoms with Gasteiger partial charge in [0.25, 0.3) is 0 Å². The first-order valence-corrected chi connectivity index (χ1v) is 5.69. The fourth-order valence-corrected chi connectivity index (χ4v) is 1.74. The Morgan fingerprint density at radius 1 is 1.57 bits per heavy atom. The smallest absolute Gasteiger partial charge is 0.0360 e. The van der Waals surface area contributed by atoms with Gasteiger partial charge in [0.2, 0.25) is 0 Å². The van der Waals surface area contributed by atoms with Crippen LogP contribution in [0.2, 0.25) is 0 Å². The number of H-pyrrole nitrogens is 1. The lowest BCUT2D eigenvalue weighted by Crippen LogP contribution is -2.39. The lowest BCUT2D eigenvalue weighted by molar-refractivity contribution is 0.403. The number of hydrogen-bond acceptors (Lipinski definition) is 2. The summed E-state index contributed by atoms with van der Waals surface area (Å²) < 4.78 is 1.09. The van der Waals surface area contributed by atoms with Gasteiger partial charge in [0.15, 0.2) is 0 Å². The lowest BCUT2D eigenvalue weighted by Gasteiger charge is -2.19. The van der Waals surface area contributed by atoms with Crippen LogP contribution >= 0.6 is 15.9 Å². The van der Waals surface area contributed by atoms with Crippen molar-refractivity contribution < 1.29 is 0 Å². The molecule has 0 fully saturated rings. The quantitative estimate of drug-likeness (QED) is 0.756. The number of halogens is 1. The molecule has 0 saturated heterocycles. The van der Waals surface area contributed by atoms with E-state index < -0.39 is 0 Å². The van der Waals surface area contributed by atoms with Gasteiger partial charge in [-0.25, -0.2) is 0 Å². The van der Waals surface area contributed by atoms with E-state index in [1.807, 2.05) is 6.20 Å². The van der Waals surface area contributed by atoms with Gasteiger partial charge in [-0.05, 0) is 27.9 Å². The first-order valence-electron chi connectivity index (χ1n) is 4.89. The third-order valence-corrected chi connectivity index (χ3v) is 2.78. The molecule has 0 aliphatic heterocycles. The molecule has 1 rings (SSSR count). The van der Waals surface area contributed by atoms with E-state index in [4.69, 9.17) is 5.73 Å². The fraction of sp³-hybridized carbons (Fsp3) is 0.600. The van der Waals surface area contributed by atoms with Crippen LogP contribution in [0.3, 0.4) is 0 Å². The first kappa shape index (κ1) is 11.8. The second-order valence-electron chi connectivity index (χ2n) is 3.81. The molecule has 0 aliphatic carbocycles. The Balaban J connectivity index is 2.39. The maximum atomic E-state index is 5.66. The van der Waals surface area contributed by atoms with Crippen LogP contribution in [0.5, 0.6) is 0 Å². The number of nitrogens with two attached hydrogens (primary N) is 1. The van der Waals surface area contributed by atoms with Crippen molar-refractivity contribution in [2.24, 2.45) is 11.7 Å². The largest absolute Gasteiger partial charge is 0.363 e. The lowest BCUT2D eigenvalue weighted by atomic mass is 10.0. The highest BCUT2D eigenvalue weighted by atomic mass is 79.9. The molecule has 0 radical (unpaired) electrons. The third-order valence-electron chi connectivity index (χ3n) is 2.32. The minimum absolute atomic E-state index is 0.386. The average Bonchev–Trinajstić information content (AvgIpc) is 2.52. The van der Waals surface area contributed by atoms with Crippen LogP contribution in [0.1, 0.15) is 19.5 Å². The second-order valence-corrected chi connectivity index (χ2v) is 4.73. The van der Waals surface area contributed by atoms with Crippen LogP contribution in [0.4, 0.5) is 0 Å². The molecule has 0 aromatic carbocycles. The van der Waals surface area contributed by atoms with Crippen molar-refractivity contribution in [2.75, 3.05) is 6.54 Å². The van der Waals surface area contributed by atoms with Crippen LogP contribution in [0, 0.1) is 5.92 Å². The van der Waals surface area contributed by atoms with Gasteiger partial charge in [0.05, 0.1) is 0 Å². The Bertz CT molecular complexity index is 270. The summed E-state index contributed by atoms with van der Waals surface area (Å²) in [6, 6.07) is 2.46. The molecule has 1 unspecified atom stereocenters. The third kappa shape index (κ3) is 3.44. The molecule has 1 aromatic rings. The van der Waals surface area contributed by atoms with Gasteiger partial charge < -0.3 is 16.0 Å². The summed E-state index contributed by atoms with van der Waals surface area (Å²) >= 11 is 3.40. The predicted molar refractivity (Wildman–Crippen MR) is 63.0 cm³/mol. The van der Waals surface area contributed by atoms with Crippen LogP contribution in [-0.2, 0) is 6.54 Å². The SMILES string of the molecule is CC(C)C(CN)NCc1cc(Br)c[nH]1. The summed E-state index contributed by atoms with van der Waals surface area (Å²) in [5.41, 5.74) is 6.84. The standard InChI is InChI=1S/C10H18BrN3/c1-7(2)10(4-12)14-6-9-3-8(11)5-13-9/h3,5,7,10,13-14H,4,6,12H2,1-2H3. The van der Waals surface area contributed by atoms with Crippen molar-refractivity contribution in [3.63, 3.8) is 0 Å². The summed E-state index contributed by atoms with van der Waals surface area (Å²) in [5.74, 6) is 0.568. The molecule has 0 aliphatic rings. The molecular formula is C10H18BrN3. The molecule has 14 heavy (non-hydrogen) atoms. The van der Waals surface area contributed by atoms with Gasteiger partial charge in [0.1, 0.15) is 0 Å². The molecule has 0 saturated carbocycles. The van der Waals surface area contributed by atoms with Crippen LogP contribution in [0.15, 0.2) is 16.7 Å². The zero-order chi connectivity index (χ0) is 10.6. The normalized spacial score (nSPS) is 13.5. The Morgan fingerprint density at radius 2 is 2.29 bits per heavy atom. The number of aromatic amines is 1. The maximum absolute atomic E-state index is 5.66. The van der Waals surface area contributed by atoms with E-state index in [1.165, 1.54) is 5.69 Å². The summed E-state index contributed by atoms with van der Waals surface area (Å²) in [6.45, 7) is 5.87. The highest BCUT2D eigenvalue weighted by molar-refractivity contribution is 9.10. The van der Waals surface area contributed by atoms with Crippen molar-refractivity contribution in [2.45, 2.75) is 26.4 Å². The topological polar surface area (TPSA) is 53.8 Å². The zero-order valence-electron chi connectivity index (χ0n) is 8.68. The van der Waals surface area contributed by atoms with E-state index in [0.717, 1.165) is 11.0 Å². The number of hydrogen-bond donors (Lipinski definition) is 3. The number of aromatic nitrogens is 1. The van der Waals surface area contributed by atoms with Gasteiger partial charge in [-0.3, -0.25) is 0 Å². The molecule has 1 heterocycles. The molecule has 3 nitrogen and oxygen atoms in total. The van der Waals surface area contributed by atoms with Crippen molar-refractivity contribution in [3.05, 3.63) is 22.4 Å². The van der Waals surface area contributed by atoms with Crippen LogP contribution in [-0.4, -0.2) is 17.6 Å². The Kier molecular flexibility index (Phi) is 4.65. The van der Waals surface area contributed by atoms with E-state index in [-0.39, 0.29) is 0 Å². The van der Waals surface area contributed by atoms with E-state index in [9.17, 15) is 0 Å². The van der Waals surface area contributed by atoms with E-state index in [0.29, 0.717) is 18.5 Å². The summed E-state index contributed by atoms with van der Waals surface area (Å²) in [5, 5.41) is 3.42. The fourth-order valence-electron chi connectivity index (χ4n) is 1.35. The average molecular weight is 260 g/mol. The molecule has 1 atom stereocenters. The van der Waals surface area contributed by atoms with Crippen molar-refractivity contribution in [1.29, 1.82) is 0 Å². The van der Waals surface area contributed by atoms with Crippen molar-refractivity contribution >= 4 is 15.9 Å². The van der Waals surface area contributed by atoms with Crippen LogP contribution < -0.4 is 11.1 Å². The second kappa shape index (κ2) is 5.53. The Labute approximate surface area is 93.6 Å². The molecular weight excluding hydrogens is 242 g/mol. The summed E-state index contributed by atoms with van der Waals surface area (Å²) in [6.07, 6.45) is 1.93. The van der Waals surface area contributed by atoms with Gasteiger partial charge in [-0.1, -0.05) is 13.8 Å². The maximum Gasteiger partial charge on any atom is 0.0360 e. The van der Waals surface area contributed by atoms with Gasteiger partial charge in [-0.2, -0.15) is 0 Å². The Morgan fingerprint density at radius 3 is 2.71 bits per heavy atom. The zero-order valence-corrected chi connectivity index (χ0v) is 10.3. The number of nitrogens with one attached hydrogen (secondary N) is 2. The molecule has 80 valence electrons. The van der Waals surface area contributed by atoms with Gasteiger partial charge >= 0.3 is 0 Å². The highest BCUT2D eigenvalue weighted by Crippen LogP contribution is 2.10. The molecule has 0 bridgehead atoms. The highest BCUT2D eigenvalue weighted by Gasteiger charge is 2.10. The monoisotopic (exact) mass is 259 g/mol. The van der Waals surface area contributed by atoms with E-state index in [1.54, 1.807) is 0 Å². The molecule has 1 aromatic heterocycles. The van der Waals surface area contributed by atoms with Gasteiger partial charge in [0, 0.05) is 35.5 Å². The van der Waals surface area contributed by atoms with Crippen molar-refractivity contribution in [1.82, 2.24) is 10.3 Å². The van der Waals surface area contributed by atoms with E-state index >= 15 is 0 Å². The molecule has 0 amide bonds. The molecule has 0 spiro atoms. The first-order chi connectivity index (χ1) is 6.63. The minimum atomic E-state index is 0.386. The Hall–Kier alpha value is -0.320. The molecule has 4 N–H and O–H groups in total. The van der Waals surface area contributed by atoms with E-state index in [2.05, 4.69) is 46.1 Å². The number of rotatable bonds is 5. The van der Waals surface area contributed by atoms with Crippen LogP contribution in [0.25, 0.3) is 0 Å². The summed E-state index contributed by atoms with van der Waals surface area (Å²) in [4.78, 5) is 3.17.